The molecular weight excluding hydrogens is 334 g/mol. The van der Waals surface area contributed by atoms with Gasteiger partial charge in [0, 0.05) is 12.7 Å². The summed E-state index contributed by atoms with van der Waals surface area (Å²) in [6.45, 7) is 2.33. The molecule has 0 saturated carbocycles. The van der Waals surface area contributed by atoms with Gasteiger partial charge in [-0.3, -0.25) is 4.98 Å². The van der Waals surface area contributed by atoms with E-state index < -0.39 is 0 Å². The van der Waals surface area contributed by atoms with Gasteiger partial charge in [-0.1, -0.05) is 36.4 Å². The third-order valence-corrected chi connectivity index (χ3v) is 3.79. The van der Waals surface area contributed by atoms with E-state index in [-0.39, 0.29) is 0 Å². The number of nitrogens with zero attached hydrogens (tertiary/aromatic N) is 4. The lowest BCUT2D eigenvalue weighted by atomic mass is 10.2. The summed E-state index contributed by atoms with van der Waals surface area (Å²) < 4.78 is 7.87. The van der Waals surface area contributed by atoms with Crippen molar-refractivity contribution in [2.75, 3.05) is 18.5 Å². The minimum absolute atomic E-state index is 0.466. The van der Waals surface area contributed by atoms with E-state index in [9.17, 15) is 0 Å². The first-order chi connectivity index (χ1) is 12.3. The minimum Gasteiger partial charge on any atom is -0.375 e. The van der Waals surface area contributed by atoms with Crippen LogP contribution >= 0.6 is 12.2 Å². The van der Waals surface area contributed by atoms with Gasteiger partial charge < -0.3 is 14.6 Å². The number of rotatable bonds is 8. The Hall–Kier alpha value is -2.64. The fourth-order valence-electron chi connectivity index (χ4n) is 2.22. The number of hydrogen-bond acceptors (Lipinski definition) is 6. The summed E-state index contributed by atoms with van der Waals surface area (Å²) in [7, 11) is 0. The molecule has 0 fully saturated rings. The quantitative estimate of drug-likeness (QED) is 0.496. The van der Waals surface area contributed by atoms with Crippen LogP contribution in [-0.2, 0) is 17.9 Å². The number of benzene rings is 1. The molecule has 0 atom stereocenters. The second kappa shape index (κ2) is 9.00. The first-order valence-corrected chi connectivity index (χ1v) is 8.41. The van der Waals surface area contributed by atoms with E-state index in [2.05, 4.69) is 20.3 Å². The Labute approximate surface area is 151 Å². The van der Waals surface area contributed by atoms with Crippen LogP contribution in [0.1, 0.15) is 11.3 Å². The molecule has 0 aliphatic heterocycles. The van der Waals surface area contributed by atoms with Crippen molar-refractivity contribution in [1.29, 1.82) is 0 Å². The SMILES string of the molecule is S=c1nc(NCCOCc2ccccc2)ncn1Cc1ccccn1. The summed E-state index contributed by atoms with van der Waals surface area (Å²) in [5.74, 6) is 0.505. The van der Waals surface area contributed by atoms with Crippen LogP contribution in [0.25, 0.3) is 0 Å². The lowest BCUT2D eigenvalue weighted by Crippen LogP contribution is -2.14. The topological polar surface area (TPSA) is 64.9 Å². The number of anilines is 1. The highest BCUT2D eigenvalue weighted by Crippen LogP contribution is 2.03. The van der Waals surface area contributed by atoms with Crippen molar-refractivity contribution in [3.8, 4) is 0 Å². The van der Waals surface area contributed by atoms with E-state index in [1.165, 1.54) is 0 Å². The third-order valence-electron chi connectivity index (χ3n) is 3.47. The predicted molar refractivity (Wildman–Crippen MR) is 98.8 cm³/mol. The molecule has 25 heavy (non-hydrogen) atoms. The number of ether oxygens (including phenoxy) is 1. The van der Waals surface area contributed by atoms with E-state index in [4.69, 9.17) is 17.0 Å². The van der Waals surface area contributed by atoms with Crippen molar-refractivity contribution in [3.05, 3.63) is 77.1 Å². The summed E-state index contributed by atoms with van der Waals surface area (Å²) >= 11 is 5.32. The average Bonchev–Trinajstić information content (AvgIpc) is 2.65. The Bertz CT molecular complexity index is 839. The van der Waals surface area contributed by atoms with Crippen LogP contribution in [0.15, 0.2) is 61.1 Å². The number of pyridine rings is 1. The van der Waals surface area contributed by atoms with Crippen molar-refractivity contribution in [2.45, 2.75) is 13.2 Å². The van der Waals surface area contributed by atoms with Crippen molar-refractivity contribution < 1.29 is 4.74 Å². The molecule has 1 aromatic carbocycles. The smallest absolute Gasteiger partial charge is 0.226 e. The predicted octanol–water partition coefficient (Wildman–Crippen LogP) is 3.08. The average molecular weight is 353 g/mol. The van der Waals surface area contributed by atoms with Gasteiger partial charge in [0.25, 0.3) is 0 Å². The van der Waals surface area contributed by atoms with E-state index in [0.717, 1.165) is 11.3 Å². The van der Waals surface area contributed by atoms with Crippen LogP contribution in [0.2, 0.25) is 0 Å². The van der Waals surface area contributed by atoms with Crippen molar-refractivity contribution >= 4 is 18.2 Å². The lowest BCUT2D eigenvalue weighted by molar-refractivity contribution is 0.130. The Morgan fingerprint density at radius 1 is 1.04 bits per heavy atom. The molecule has 7 heteroatoms. The fourth-order valence-corrected chi connectivity index (χ4v) is 2.41. The van der Waals surface area contributed by atoms with E-state index in [0.29, 0.717) is 37.0 Å². The van der Waals surface area contributed by atoms with Gasteiger partial charge in [-0.05, 0) is 29.9 Å². The molecule has 0 aliphatic rings. The Balaban J connectivity index is 1.45. The maximum atomic E-state index is 5.62. The van der Waals surface area contributed by atoms with Crippen molar-refractivity contribution in [3.63, 3.8) is 0 Å². The van der Waals surface area contributed by atoms with Gasteiger partial charge in [0.05, 0.1) is 25.5 Å². The zero-order chi connectivity index (χ0) is 17.3. The zero-order valence-electron chi connectivity index (χ0n) is 13.7. The maximum Gasteiger partial charge on any atom is 0.226 e. The Morgan fingerprint density at radius 3 is 2.64 bits per heavy atom. The molecule has 0 spiro atoms. The molecule has 0 unspecified atom stereocenters. The van der Waals surface area contributed by atoms with Crippen LogP contribution < -0.4 is 5.32 Å². The molecule has 6 nitrogen and oxygen atoms in total. The van der Waals surface area contributed by atoms with Gasteiger partial charge >= 0.3 is 0 Å². The molecule has 0 bridgehead atoms. The number of aromatic nitrogens is 4. The third kappa shape index (κ3) is 5.44. The fraction of sp³-hybridized carbons (Fsp3) is 0.222. The molecule has 0 aliphatic carbocycles. The Kier molecular flexibility index (Phi) is 6.19. The summed E-state index contributed by atoms with van der Waals surface area (Å²) in [4.78, 5) is 12.9. The van der Waals surface area contributed by atoms with E-state index >= 15 is 0 Å². The van der Waals surface area contributed by atoms with Gasteiger partial charge in [0.15, 0.2) is 0 Å². The number of hydrogen-bond donors (Lipinski definition) is 1. The largest absolute Gasteiger partial charge is 0.375 e. The van der Waals surface area contributed by atoms with Gasteiger partial charge in [-0.15, -0.1) is 0 Å². The summed E-state index contributed by atoms with van der Waals surface area (Å²) in [6.07, 6.45) is 3.43. The normalized spacial score (nSPS) is 10.6. The van der Waals surface area contributed by atoms with Gasteiger partial charge in [-0.25, -0.2) is 4.98 Å². The molecule has 2 aromatic heterocycles. The van der Waals surface area contributed by atoms with E-state index in [1.54, 1.807) is 17.1 Å². The van der Waals surface area contributed by atoms with Gasteiger partial charge in [-0.2, -0.15) is 4.98 Å². The first-order valence-electron chi connectivity index (χ1n) is 8.00. The second-order valence-corrected chi connectivity index (χ2v) is 5.74. The lowest BCUT2D eigenvalue weighted by Gasteiger charge is -2.08. The first kappa shape index (κ1) is 17.2. The summed E-state index contributed by atoms with van der Waals surface area (Å²) in [5.41, 5.74) is 2.07. The van der Waals surface area contributed by atoms with Crippen molar-refractivity contribution in [2.24, 2.45) is 0 Å². The van der Waals surface area contributed by atoms with Crippen LogP contribution in [0.5, 0.6) is 0 Å². The molecule has 2 heterocycles. The number of nitrogens with one attached hydrogen (secondary N) is 1. The van der Waals surface area contributed by atoms with Crippen LogP contribution in [0.3, 0.4) is 0 Å². The molecule has 0 saturated heterocycles. The van der Waals surface area contributed by atoms with Gasteiger partial charge in [0.1, 0.15) is 6.33 Å². The van der Waals surface area contributed by atoms with Crippen LogP contribution in [0.4, 0.5) is 5.95 Å². The standard InChI is InChI=1S/C18H19N5OS/c25-18-22-17(20-10-11-24-13-15-6-2-1-3-7-15)21-14-23(18)12-16-8-4-5-9-19-16/h1-9,14H,10-13H2,(H,20,22,25). The van der Waals surface area contributed by atoms with E-state index in [1.807, 2.05) is 48.5 Å². The Morgan fingerprint density at radius 2 is 1.88 bits per heavy atom. The molecule has 0 radical (unpaired) electrons. The maximum absolute atomic E-state index is 5.62. The summed E-state index contributed by atoms with van der Waals surface area (Å²) in [5, 5.41) is 3.12. The molecule has 1 N–H and O–H groups in total. The molecule has 3 rings (SSSR count). The van der Waals surface area contributed by atoms with Crippen LogP contribution in [0, 0.1) is 4.77 Å². The summed E-state index contributed by atoms with van der Waals surface area (Å²) in [6, 6.07) is 15.8. The molecular formula is C18H19N5OS. The monoisotopic (exact) mass is 353 g/mol. The highest BCUT2D eigenvalue weighted by atomic mass is 32.1. The molecule has 0 amide bonds. The zero-order valence-corrected chi connectivity index (χ0v) is 14.5. The van der Waals surface area contributed by atoms with Gasteiger partial charge in [0.2, 0.25) is 10.7 Å². The van der Waals surface area contributed by atoms with Crippen molar-refractivity contribution in [1.82, 2.24) is 19.5 Å². The highest BCUT2D eigenvalue weighted by Gasteiger charge is 2.01. The molecule has 128 valence electrons. The minimum atomic E-state index is 0.466. The highest BCUT2D eigenvalue weighted by molar-refractivity contribution is 7.71. The van der Waals surface area contributed by atoms with Crippen LogP contribution in [-0.4, -0.2) is 32.7 Å². The molecule has 3 aromatic rings. The second-order valence-electron chi connectivity index (χ2n) is 5.38.